The molecule has 0 saturated heterocycles. The molecule has 1 heterocycles. The normalized spacial score (nSPS) is 10.9. The van der Waals surface area contributed by atoms with Gasteiger partial charge in [-0.05, 0) is 42.3 Å². The number of benzene rings is 3. The summed E-state index contributed by atoms with van der Waals surface area (Å²) in [5.74, 6) is -0.788. The van der Waals surface area contributed by atoms with E-state index in [2.05, 4.69) is 33.1 Å². The molecule has 0 fully saturated rings. The Morgan fingerprint density at radius 1 is 1.00 bits per heavy atom. The van der Waals surface area contributed by atoms with Crippen LogP contribution in [0.15, 0.2) is 73.1 Å². The van der Waals surface area contributed by atoms with Gasteiger partial charge >= 0.3 is 0 Å². The third-order valence-corrected chi connectivity index (χ3v) is 4.75. The molecule has 1 aromatic heterocycles. The number of aromatic nitrogens is 2. The number of Topliss-reactive ketones (excluding diaryl/α,β-unsaturated/α-hetero) is 1. The van der Waals surface area contributed by atoms with Crippen molar-refractivity contribution in [3.05, 3.63) is 95.6 Å². The smallest absolute Gasteiger partial charge is 0.164 e. The van der Waals surface area contributed by atoms with Crippen LogP contribution in [0.5, 0.6) is 0 Å². The highest BCUT2D eigenvalue weighted by molar-refractivity contribution is 5.99. The first-order valence-electron chi connectivity index (χ1n) is 9.13. The molecule has 140 valence electrons. The molecule has 0 aliphatic carbocycles. The molecule has 0 saturated carbocycles. The minimum atomic E-state index is -0.500. The Hall–Kier alpha value is -3.47. The van der Waals surface area contributed by atoms with Crippen LogP contribution in [0.2, 0.25) is 0 Å². The van der Waals surface area contributed by atoms with E-state index in [4.69, 9.17) is 0 Å². The molecule has 4 nitrogen and oxygen atoms in total. The number of rotatable bonds is 6. The summed E-state index contributed by atoms with van der Waals surface area (Å²) in [6.07, 6.45) is 1.85. The van der Waals surface area contributed by atoms with Crippen LogP contribution in [-0.4, -0.2) is 15.3 Å². The van der Waals surface area contributed by atoms with Crippen LogP contribution >= 0.6 is 0 Å². The Bertz CT molecular complexity index is 1130. The standard InChI is InChI=1S/C23H20FN3O/c1-16(28)23-19(24)5-4-7-21(23)25-13-17-9-11-18(12-10-17)14-27-15-26-20-6-2-3-8-22(20)27/h2-12,15,25H,13-14H2,1H3. The monoisotopic (exact) mass is 373 g/mol. The molecule has 0 aliphatic heterocycles. The quantitative estimate of drug-likeness (QED) is 0.482. The topological polar surface area (TPSA) is 46.9 Å². The first-order chi connectivity index (χ1) is 13.6. The van der Waals surface area contributed by atoms with Gasteiger partial charge in [0.15, 0.2) is 5.78 Å². The van der Waals surface area contributed by atoms with E-state index in [1.165, 1.54) is 18.6 Å². The van der Waals surface area contributed by atoms with Gasteiger partial charge in [-0.15, -0.1) is 0 Å². The van der Waals surface area contributed by atoms with Gasteiger partial charge in [-0.2, -0.15) is 0 Å². The van der Waals surface area contributed by atoms with E-state index in [0.717, 1.165) is 23.1 Å². The fraction of sp³-hybridized carbons (Fsp3) is 0.130. The molecule has 0 bridgehead atoms. The maximum atomic E-state index is 13.9. The van der Waals surface area contributed by atoms with Gasteiger partial charge in [-0.3, -0.25) is 4.79 Å². The van der Waals surface area contributed by atoms with Crippen molar-refractivity contribution < 1.29 is 9.18 Å². The number of anilines is 1. The van der Waals surface area contributed by atoms with Crippen LogP contribution in [-0.2, 0) is 13.1 Å². The predicted molar refractivity (Wildman–Crippen MR) is 109 cm³/mol. The van der Waals surface area contributed by atoms with E-state index >= 15 is 0 Å². The van der Waals surface area contributed by atoms with Crippen molar-refractivity contribution in [3.63, 3.8) is 0 Å². The molecule has 0 unspecified atom stereocenters. The zero-order chi connectivity index (χ0) is 19.5. The Labute approximate surface area is 162 Å². The van der Waals surface area contributed by atoms with Crippen LogP contribution in [0, 0.1) is 5.82 Å². The van der Waals surface area contributed by atoms with Crippen molar-refractivity contribution in [1.29, 1.82) is 0 Å². The highest BCUT2D eigenvalue weighted by Gasteiger charge is 2.12. The van der Waals surface area contributed by atoms with Gasteiger partial charge in [0.1, 0.15) is 5.82 Å². The van der Waals surface area contributed by atoms with Gasteiger partial charge in [-0.25, -0.2) is 9.37 Å². The maximum Gasteiger partial charge on any atom is 0.164 e. The minimum Gasteiger partial charge on any atom is -0.380 e. The highest BCUT2D eigenvalue weighted by atomic mass is 19.1. The number of carbonyl (C=O) groups excluding carboxylic acids is 1. The number of halogens is 1. The molecule has 0 amide bonds. The lowest BCUT2D eigenvalue weighted by Crippen LogP contribution is -2.07. The van der Waals surface area contributed by atoms with E-state index in [9.17, 15) is 9.18 Å². The van der Waals surface area contributed by atoms with E-state index in [1.54, 1.807) is 12.1 Å². The predicted octanol–water partition coefficient (Wildman–Crippen LogP) is 5.04. The number of nitrogens with one attached hydrogen (secondary N) is 1. The molecular weight excluding hydrogens is 353 g/mol. The second kappa shape index (κ2) is 7.64. The number of hydrogen-bond acceptors (Lipinski definition) is 3. The average molecular weight is 373 g/mol. The summed E-state index contributed by atoms with van der Waals surface area (Å²) < 4.78 is 16.0. The van der Waals surface area contributed by atoms with Crippen LogP contribution < -0.4 is 5.32 Å². The van der Waals surface area contributed by atoms with Crippen molar-refractivity contribution >= 4 is 22.5 Å². The summed E-state index contributed by atoms with van der Waals surface area (Å²) >= 11 is 0. The van der Waals surface area contributed by atoms with Crippen molar-refractivity contribution in [2.45, 2.75) is 20.0 Å². The molecule has 0 radical (unpaired) electrons. The van der Waals surface area contributed by atoms with E-state index in [0.29, 0.717) is 12.2 Å². The third-order valence-electron chi connectivity index (χ3n) is 4.75. The minimum absolute atomic E-state index is 0.103. The molecule has 5 heteroatoms. The highest BCUT2D eigenvalue weighted by Crippen LogP contribution is 2.21. The lowest BCUT2D eigenvalue weighted by molar-refractivity contribution is 0.101. The summed E-state index contributed by atoms with van der Waals surface area (Å²) in [5.41, 5.74) is 4.93. The van der Waals surface area contributed by atoms with Gasteiger partial charge < -0.3 is 9.88 Å². The summed E-state index contributed by atoms with van der Waals surface area (Å²) in [5, 5.41) is 3.16. The zero-order valence-electron chi connectivity index (χ0n) is 15.5. The first-order valence-corrected chi connectivity index (χ1v) is 9.13. The van der Waals surface area contributed by atoms with Crippen molar-refractivity contribution in [2.24, 2.45) is 0 Å². The van der Waals surface area contributed by atoms with E-state index in [-0.39, 0.29) is 11.3 Å². The van der Waals surface area contributed by atoms with E-state index in [1.807, 2.05) is 36.7 Å². The summed E-state index contributed by atoms with van der Waals surface area (Å²) in [4.78, 5) is 16.1. The fourth-order valence-electron chi connectivity index (χ4n) is 3.32. The van der Waals surface area contributed by atoms with Gasteiger partial charge in [0, 0.05) is 18.8 Å². The Balaban J connectivity index is 1.46. The summed E-state index contributed by atoms with van der Waals surface area (Å²) in [6.45, 7) is 2.63. The van der Waals surface area contributed by atoms with Crippen LogP contribution in [0.25, 0.3) is 11.0 Å². The molecule has 0 aliphatic rings. The molecule has 3 aromatic carbocycles. The van der Waals surface area contributed by atoms with Gasteiger partial charge in [0.2, 0.25) is 0 Å². The first kappa shape index (κ1) is 17.9. The van der Waals surface area contributed by atoms with Crippen molar-refractivity contribution in [1.82, 2.24) is 9.55 Å². The van der Waals surface area contributed by atoms with Gasteiger partial charge in [-0.1, -0.05) is 42.5 Å². The van der Waals surface area contributed by atoms with Crippen molar-refractivity contribution in [2.75, 3.05) is 5.32 Å². The number of ketones is 1. The number of para-hydroxylation sites is 2. The summed E-state index contributed by atoms with van der Waals surface area (Å²) in [7, 11) is 0. The van der Waals surface area contributed by atoms with Gasteiger partial charge in [0.25, 0.3) is 0 Å². The van der Waals surface area contributed by atoms with Crippen LogP contribution in [0.3, 0.4) is 0 Å². The Morgan fingerprint density at radius 2 is 1.75 bits per heavy atom. The third kappa shape index (κ3) is 3.64. The van der Waals surface area contributed by atoms with Crippen LogP contribution in [0.4, 0.5) is 10.1 Å². The molecule has 1 N–H and O–H groups in total. The van der Waals surface area contributed by atoms with Gasteiger partial charge in [0.05, 0.1) is 22.9 Å². The lowest BCUT2D eigenvalue weighted by atomic mass is 10.1. The second-order valence-corrected chi connectivity index (χ2v) is 6.75. The lowest BCUT2D eigenvalue weighted by Gasteiger charge is -2.12. The molecule has 0 atom stereocenters. The average Bonchev–Trinajstić information content (AvgIpc) is 3.10. The number of hydrogen-bond donors (Lipinski definition) is 1. The summed E-state index contributed by atoms with van der Waals surface area (Å²) in [6, 6.07) is 20.9. The molecule has 4 rings (SSSR count). The molecule has 0 spiro atoms. The number of fused-ring (bicyclic) bond motifs is 1. The van der Waals surface area contributed by atoms with E-state index < -0.39 is 5.82 Å². The second-order valence-electron chi connectivity index (χ2n) is 6.75. The number of carbonyl (C=O) groups is 1. The largest absolute Gasteiger partial charge is 0.380 e. The molecule has 4 aromatic rings. The molecular formula is C23H20FN3O. The maximum absolute atomic E-state index is 13.9. The Morgan fingerprint density at radius 3 is 2.54 bits per heavy atom. The molecule has 28 heavy (non-hydrogen) atoms. The van der Waals surface area contributed by atoms with Crippen LogP contribution in [0.1, 0.15) is 28.4 Å². The zero-order valence-corrected chi connectivity index (χ0v) is 15.5. The fourth-order valence-corrected chi connectivity index (χ4v) is 3.32. The van der Waals surface area contributed by atoms with Crippen molar-refractivity contribution in [3.8, 4) is 0 Å². The SMILES string of the molecule is CC(=O)c1c(F)cccc1NCc1ccc(Cn2cnc3ccccc32)cc1. The number of imidazole rings is 1. The number of nitrogens with zero attached hydrogens (tertiary/aromatic N) is 2. The Kier molecular flexibility index (Phi) is 4.89.